The van der Waals surface area contributed by atoms with Crippen molar-refractivity contribution in [1.82, 2.24) is 4.98 Å². The van der Waals surface area contributed by atoms with Crippen LogP contribution in [0.15, 0.2) is 22.8 Å². The first-order valence-corrected chi connectivity index (χ1v) is 6.94. The van der Waals surface area contributed by atoms with Crippen LogP contribution < -0.4 is 0 Å². The topological polar surface area (TPSA) is 12.9 Å². The van der Waals surface area contributed by atoms with E-state index in [9.17, 15) is 0 Å². The van der Waals surface area contributed by atoms with Crippen LogP contribution in [-0.2, 0) is 6.42 Å². The van der Waals surface area contributed by atoms with Crippen LogP contribution in [0.25, 0.3) is 10.6 Å². The smallest absolute Gasteiger partial charge is 0.123 e. The number of thiazole rings is 1. The van der Waals surface area contributed by atoms with Gasteiger partial charge in [0.05, 0.1) is 0 Å². The zero-order valence-corrected chi connectivity index (χ0v) is 12.1. The summed E-state index contributed by atoms with van der Waals surface area (Å²) in [6.45, 7) is 6.40. The van der Waals surface area contributed by atoms with Gasteiger partial charge in [-0.1, -0.05) is 22.9 Å². The van der Waals surface area contributed by atoms with E-state index in [1.54, 1.807) is 11.3 Å². The minimum atomic E-state index is 1.06. The molecule has 0 saturated carbocycles. The van der Waals surface area contributed by atoms with Gasteiger partial charge < -0.3 is 0 Å². The third-order valence-electron chi connectivity index (χ3n) is 2.59. The third kappa shape index (κ3) is 2.20. The van der Waals surface area contributed by atoms with Crippen LogP contribution >= 0.6 is 27.3 Å². The van der Waals surface area contributed by atoms with Gasteiger partial charge in [-0.25, -0.2) is 4.98 Å². The van der Waals surface area contributed by atoms with E-state index in [0.29, 0.717) is 0 Å². The summed E-state index contributed by atoms with van der Waals surface area (Å²) in [6, 6.07) is 4.38. The summed E-state index contributed by atoms with van der Waals surface area (Å²) >= 11 is 5.37. The first-order chi connectivity index (χ1) is 7.61. The zero-order chi connectivity index (χ0) is 11.7. The molecule has 3 heteroatoms. The van der Waals surface area contributed by atoms with E-state index in [2.05, 4.69) is 53.8 Å². The van der Waals surface area contributed by atoms with Gasteiger partial charge in [-0.05, 0) is 43.5 Å². The Kier molecular flexibility index (Phi) is 3.45. The molecule has 84 valence electrons. The summed E-state index contributed by atoms with van der Waals surface area (Å²) in [4.78, 5) is 5.81. The number of aromatic nitrogens is 1. The van der Waals surface area contributed by atoms with Crippen molar-refractivity contribution in [2.45, 2.75) is 27.2 Å². The van der Waals surface area contributed by atoms with Crippen LogP contribution in [0.2, 0.25) is 0 Å². The predicted octanol–water partition coefficient (Wildman–Crippen LogP) is 4.75. The molecule has 0 aliphatic rings. The first-order valence-electron chi connectivity index (χ1n) is 5.33. The number of hydrogen-bond donors (Lipinski definition) is 0. The maximum Gasteiger partial charge on any atom is 0.123 e. The molecule has 2 rings (SSSR count). The minimum absolute atomic E-state index is 1.06. The van der Waals surface area contributed by atoms with Gasteiger partial charge in [-0.15, -0.1) is 11.3 Å². The highest BCUT2D eigenvalue weighted by molar-refractivity contribution is 9.10. The Morgan fingerprint density at radius 1 is 1.25 bits per heavy atom. The van der Waals surface area contributed by atoms with Gasteiger partial charge in [0.2, 0.25) is 0 Å². The first kappa shape index (κ1) is 11.8. The second-order valence-electron chi connectivity index (χ2n) is 3.91. The van der Waals surface area contributed by atoms with Gasteiger partial charge >= 0.3 is 0 Å². The fraction of sp³-hybridized carbons (Fsp3) is 0.308. The summed E-state index contributed by atoms with van der Waals surface area (Å²) in [7, 11) is 0. The Morgan fingerprint density at radius 2 is 1.88 bits per heavy atom. The maximum absolute atomic E-state index is 4.47. The second-order valence-corrected chi connectivity index (χ2v) is 5.82. The molecule has 0 spiro atoms. The molecule has 0 atom stereocenters. The van der Waals surface area contributed by atoms with Gasteiger partial charge in [0.1, 0.15) is 5.01 Å². The van der Waals surface area contributed by atoms with Crippen molar-refractivity contribution in [1.29, 1.82) is 0 Å². The van der Waals surface area contributed by atoms with E-state index in [-0.39, 0.29) is 0 Å². The monoisotopic (exact) mass is 295 g/mol. The molecule has 1 aromatic carbocycles. The molecule has 1 aromatic heterocycles. The minimum Gasteiger partial charge on any atom is -0.244 e. The van der Waals surface area contributed by atoms with Crippen molar-refractivity contribution in [2.24, 2.45) is 0 Å². The van der Waals surface area contributed by atoms with E-state index in [1.165, 1.54) is 26.0 Å². The lowest BCUT2D eigenvalue weighted by Gasteiger charge is -2.05. The molecule has 0 saturated heterocycles. The van der Waals surface area contributed by atoms with Gasteiger partial charge in [0.15, 0.2) is 0 Å². The average molecular weight is 296 g/mol. The van der Waals surface area contributed by atoms with Crippen molar-refractivity contribution in [3.63, 3.8) is 0 Å². The summed E-state index contributed by atoms with van der Waals surface area (Å²) in [6.07, 6.45) is 3.04. The highest BCUT2D eigenvalue weighted by atomic mass is 79.9. The van der Waals surface area contributed by atoms with Crippen LogP contribution in [0.5, 0.6) is 0 Å². The Hall–Kier alpha value is -0.670. The van der Waals surface area contributed by atoms with Crippen LogP contribution in [0.3, 0.4) is 0 Å². The molecule has 0 bridgehead atoms. The van der Waals surface area contributed by atoms with Crippen molar-refractivity contribution in [2.75, 3.05) is 0 Å². The summed E-state index contributed by atoms with van der Waals surface area (Å²) in [5.41, 5.74) is 3.76. The summed E-state index contributed by atoms with van der Waals surface area (Å²) < 4.78 is 1.20. The normalized spacial score (nSPS) is 10.8. The third-order valence-corrected chi connectivity index (χ3v) is 5.03. The van der Waals surface area contributed by atoms with Crippen molar-refractivity contribution in [3.8, 4) is 10.6 Å². The lowest BCUT2D eigenvalue weighted by atomic mass is 10.1. The number of aryl methyl sites for hydroxylation is 3. The van der Waals surface area contributed by atoms with Gasteiger partial charge in [0.25, 0.3) is 0 Å². The zero-order valence-electron chi connectivity index (χ0n) is 9.67. The standard InChI is InChI=1S/C13H14BrNS/c1-4-11-7-15-13(16-11)10-5-8(2)12(14)9(3)6-10/h5-7H,4H2,1-3H3. The molecule has 0 fully saturated rings. The molecule has 1 nitrogen and oxygen atoms in total. The lowest BCUT2D eigenvalue weighted by molar-refractivity contribution is 1.17. The maximum atomic E-state index is 4.47. The van der Waals surface area contributed by atoms with Gasteiger partial charge in [-0.3, -0.25) is 0 Å². The highest BCUT2D eigenvalue weighted by Gasteiger charge is 2.07. The van der Waals surface area contributed by atoms with Crippen molar-refractivity contribution >= 4 is 27.3 Å². The van der Waals surface area contributed by atoms with E-state index >= 15 is 0 Å². The van der Waals surface area contributed by atoms with Crippen molar-refractivity contribution in [3.05, 3.63) is 38.8 Å². The van der Waals surface area contributed by atoms with Gasteiger partial charge in [-0.2, -0.15) is 0 Å². The number of hydrogen-bond acceptors (Lipinski definition) is 2. The Morgan fingerprint density at radius 3 is 2.38 bits per heavy atom. The van der Waals surface area contributed by atoms with E-state index in [4.69, 9.17) is 0 Å². The molecule has 0 aliphatic carbocycles. The molecular weight excluding hydrogens is 282 g/mol. The molecule has 2 aromatic rings. The average Bonchev–Trinajstić information content (AvgIpc) is 2.73. The summed E-state index contributed by atoms with van der Waals surface area (Å²) in [5.74, 6) is 0. The Labute approximate surface area is 109 Å². The fourth-order valence-corrected chi connectivity index (χ4v) is 2.74. The molecular formula is C13H14BrNS. The largest absolute Gasteiger partial charge is 0.244 e. The van der Waals surface area contributed by atoms with Crippen LogP contribution in [0, 0.1) is 13.8 Å². The number of benzene rings is 1. The molecule has 0 amide bonds. The lowest BCUT2D eigenvalue weighted by Crippen LogP contribution is -1.84. The fourth-order valence-electron chi connectivity index (χ4n) is 1.67. The molecule has 0 N–H and O–H groups in total. The number of halogens is 1. The van der Waals surface area contributed by atoms with Crippen molar-refractivity contribution < 1.29 is 0 Å². The van der Waals surface area contributed by atoms with E-state index < -0.39 is 0 Å². The highest BCUT2D eigenvalue weighted by Crippen LogP contribution is 2.30. The Balaban J connectivity index is 2.48. The van der Waals surface area contributed by atoms with Crippen LogP contribution in [0.4, 0.5) is 0 Å². The van der Waals surface area contributed by atoms with Gasteiger partial charge in [0, 0.05) is 21.1 Å². The SMILES string of the molecule is CCc1cnc(-c2cc(C)c(Br)c(C)c2)s1. The Bertz CT molecular complexity index is 493. The second kappa shape index (κ2) is 4.68. The molecule has 0 aliphatic heterocycles. The molecule has 0 unspecified atom stereocenters. The van der Waals surface area contributed by atoms with E-state index in [1.807, 2.05) is 6.20 Å². The van der Waals surface area contributed by atoms with Crippen LogP contribution in [-0.4, -0.2) is 4.98 Å². The summed E-state index contributed by atoms with van der Waals surface area (Å²) in [5, 5.41) is 1.12. The van der Waals surface area contributed by atoms with E-state index in [0.717, 1.165) is 11.4 Å². The molecule has 0 radical (unpaired) electrons. The van der Waals surface area contributed by atoms with Crippen LogP contribution in [0.1, 0.15) is 22.9 Å². The quantitative estimate of drug-likeness (QED) is 0.779. The number of rotatable bonds is 2. The predicted molar refractivity (Wildman–Crippen MR) is 74.1 cm³/mol. The molecule has 1 heterocycles. The number of nitrogens with zero attached hydrogens (tertiary/aromatic N) is 1. The molecule has 16 heavy (non-hydrogen) atoms.